The Morgan fingerprint density at radius 2 is 1.83 bits per heavy atom. The minimum absolute atomic E-state index is 0.0798. The van der Waals surface area contributed by atoms with Crippen LogP contribution >= 0.6 is 0 Å². The van der Waals surface area contributed by atoms with Crippen molar-refractivity contribution in [2.75, 3.05) is 10.6 Å². The highest BCUT2D eigenvalue weighted by Crippen LogP contribution is 2.35. The van der Waals surface area contributed by atoms with Gasteiger partial charge in [0.25, 0.3) is 0 Å². The summed E-state index contributed by atoms with van der Waals surface area (Å²) in [6.45, 7) is 4.20. The van der Waals surface area contributed by atoms with Crippen molar-refractivity contribution in [3.8, 4) is 0 Å². The number of para-hydroxylation sites is 2. The number of anilines is 2. The second-order valence-corrected chi connectivity index (χ2v) is 5.37. The van der Waals surface area contributed by atoms with Gasteiger partial charge in [-0.1, -0.05) is 19.1 Å². The van der Waals surface area contributed by atoms with Crippen LogP contribution in [0.15, 0.2) is 35.5 Å². The highest BCUT2D eigenvalue weighted by Gasteiger charge is 2.31. The number of hydrogen-bond donors (Lipinski definition) is 2. The van der Waals surface area contributed by atoms with Crippen LogP contribution < -0.4 is 10.6 Å². The minimum Gasteiger partial charge on any atom is -0.377 e. The Balaban J connectivity index is 2.06. The van der Waals surface area contributed by atoms with Crippen LogP contribution in [0.3, 0.4) is 0 Å². The van der Waals surface area contributed by atoms with Crippen LogP contribution in [0, 0.1) is 5.92 Å². The third kappa shape index (κ3) is 1.80. The number of rotatable bonds is 0. The number of carbonyl (C=O) groups excluding carboxylic acids is 1. The van der Waals surface area contributed by atoms with Gasteiger partial charge in [0, 0.05) is 17.7 Å². The Bertz CT molecular complexity index is 533. The van der Waals surface area contributed by atoms with E-state index in [0.29, 0.717) is 12.3 Å². The predicted molar refractivity (Wildman–Crippen MR) is 73.6 cm³/mol. The van der Waals surface area contributed by atoms with Gasteiger partial charge in [-0.05, 0) is 31.4 Å². The molecule has 0 amide bonds. The van der Waals surface area contributed by atoms with Gasteiger partial charge in [-0.2, -0.15) is 0 Å². The monoisotopic (exact) mass is 242 g/mol. The van der Waals surface area contributed by atoms with Crippen LogP contribution in [0.25, 0.3) is 0 Å². The zero-order valence-electron chi connectivity index (χ0n) is 10.8. The molecule has 3 heteroatoms. The summed E-state index contributed by atoms with van der Waals surface area (Å²) in [5.41, 5.74) is 4.17. The molecule has 18 heavy (non-hydrogen) atoms. The van der Waals surface area contributed by atoms with Crippen LogP contribution in [0.5, 0.6) is 0 Å². The molecule has 2 atom stereocenters. The second kappa shape index (κ2) is 4.16. The minimum atomic E-state index is 0.0798. The number of nitrogens with one attached hydrogen (secondary N) is 2. The fraction of sp³-hybridized carbons (Fsp3) is 0.400. The molecule has 2 aliphatic rings. The Hall–Kier alpha value is -1.77. The fourth-order valence-electron chi connectivity index (χ4n) is 2.93. The molecule has 3 rings (SSSR count). The third-order valence-electron chi connectivity index (χ3n) is 3.73. The van der Waals surface area contributed by atoms with Gasteiger partial charge in [0.05, 0.1) is 17.4 Å². The predicted octanol–water partition coefficient (Wildman–Crippen LogP) is 3.17. The number of allylic oxidation sites excluding steroid dienone is 1. The zero-order chi connectivity index (χ0) is 12.7. The number of carbonyl (C=O) groups is 1. The number of benzene rings is 1. The summed E-state index contributed by atoms with van der Waals surface area (Å²) in [6.07, 6.45) is 1.63. The average molecular weight is 242 g/mol. The van der Waals surface area contributed by atoms with Crippen molar-refractivity contribution in [1.29, 1.82) is 0 Å². The van der Waals surface area contributed by atoms with Gasteiger partial charge in [-0.3, -0.25) is 4.79 Å². The lowest BCUT2D eigenvalue weighted by Crippen LogP contribution is -2.29. The Labute approximate surface area is 107 Å². The van der Waals surface area contributed by atoms with Gasteiger partial charge >= 0.3 is 0 Å². The molecule has 1 aliphatic carbocycles. The number of fused-ring (bicyclic) bond motifs is 1. The number of Topliss-reactive ketones (excluding diaryl/α,β-unsaturated/α-hetero) is 1. The topological polar surface area (TPSA) is 41.1 Å². The summed E-state index contributed by atoms with van der Waals surface area (Å²) in [6, 6.07) is 8.20. The zero-order valence-corrected chi connectivity index (χ0v) is 10.8. The molecule has 0 spiro atoms. The van der Waals surface area contributed by atoms with Crippen LogP contribution in [0.1, 0.15) is 26.7 Å². The second-order valence-electron chi connectivity index (χ2n) is 5.37. The molecular weight excluding hydrogens is 224 g/mol. The van der Waals surface area contributed by atoms with E-state index in [2.05, 4.69) is 30.5 Å². The van der Waals surface area contributed by atoms with Crippen LogP contribution in [-0.2, 0) is 4.79 Å². The smallest absolute Gasteiger partial charge is 0.162 e. The molecule has 0 unspecified atom stereocenters. The van der Waals surface area contributed by atoms with Crippen molar-refractivity contribution in [2.24, 2.45) is 5.92 Å². The lowest BCUT2D eigenvalue weighted by atomic mass is 9.84. The Morgan fingerprint density at radius 3 is 2.61 bits per heavy atom. The van der Waals surface area contributed by atoms with Gasteiger partial charge < -0.3 is 10.6 Å². The first-order chi connectivity index (χ1) is 8.65. The van der Waals surface area contributed by atoms with Gasteiger partial charge in [0.1, 0.15) is 0 Å². The van der Waals surface area contributed by atoms with E-state index in [1.165, 1.54) is 0 Å². The Kier molecular flexibility index (Phi) is 2.62. The van der Waals surface area contributed by atoms with Crippen molar-refractivity contribution in [2.45, 2.75) is 32.7 Å². The first-order valence-electron chi connectivity index (χ1n) is 6.54. The number of ketones is 1. The molecule has 0 aromatic heterocycles. The van der Waals surface area contributed by atoms with Gasteiger partial charge in [0.15, 0.2) is 5.78 Å². The van der Waals surface area contributed by atoms with E-state index in [0.717, 1.165) is 29.1 Å². The van der Waals surface area contributed by atoms with Crippen molar-refractivity contribution >= 4 is 17.2 Å². The fourth-order valence-corrected chi connectivity index (χ4v) is 2.93. The van der Waals surface area contributed by atoms with E-state index < -0.39 is 0 Å². The highest BCUT2D eigenvalue weighted by atomic mass is 16.1. The highest BCUT2D eigenvalue weighted by molar-refractivity contribution is 6.00. The maximum absolute atomic E-state index is 12.2. The molecule has 1 aliphatic heterocycles. The average Bonchev–Trinajstić information content (AvgIpc) is 2.43. The molecule has 1 aromatic rings. The molecule has 3 nitrogen and oxygen atoms in total. The lowest BCUT2D eigenvalue weighted by molar-refractivity contribution is -0.117. The van der Waals surface area contributed by atoms with E-state index in [1.54, 1.807) is 0 Å². The van der Waals surface area contributed by atoms with E-state index >= 15 is 0 Å². The molecule has 0 fully saturated rings. The molecule has 0 saturated carbocycles. The lowest BCUT2D eigenvalue weighted by Gasteiger charge is -2.25. The third-order valence-corrected chi connectivity index (χ3v) is 3.73. The van der Waals surface area contributed by atoms with E-state index in [4.69, 9.17) is 0 Å². The summed E-state index contributed by atoms with van der Waals surface area (Å²) in [5, 5.41) is 6.87. The summed E-state index contributed by atoms with van der Waals surface area (Å²) < 4.78 is 0. The standard InChI is InChI=1S/C15H18N2O/c1-9-7-13-15(14(18)8-9)10(2)16-11-5-3-4-6-12(11)17-13/h3-6,9-10,16-17H,7-8H2,1-2H3/t9-,10-/m1/s1. The molecule has 1 heterocycles. The summed E-state index contributed by atoms with van der Waals surface area (Å²) in [5.74, 6) is 0.713. The van der Waals surface area contributed by atoms with Crippen LogP contribution in [-0.4, -0.2) is 11.8 Å². The summed E-state index contributed by atoms with van der Waals surface area (Å²) in [7, 11) is 0. The van der Waals surface area contributed by atoms with Crippen LogP contribution in [0.2, 0.25) is 0 Å². The molecule has 94 valence electrons. The van der Waals surface area contributed by atoms with Crippen molar-refractivity contribution in [3.63, 3.8) is 0 Å². The molecule has 1 aromatic carbocycles. The molecule has 0 bridgehead atoms. The van der Waals surface area contributed by atoms with Crippen molar-refractivity contribution in [3.05, 3.63) is 35.5 Å². The maximum atomic E-state index is 12.2. The van der Waals surface area contributed by atoms with Crippen LogP contribution in [0.4, 0.5) is 11.4 Å². The number of hydrogen-bond acceptors (Lipinski definition) is 3. The maximum Gasteiger partial charge on any atom is 0.162 e. The Morgan fingerprint density at radius 1 is 1.11 bits per heavy atom. The summed E-state index contributed by atoms with van der Waals surface area (Å²) >= 11 is 0. The van der Waals surface area contributed by atoms with E-state index in [-0.39, 0.29) is 11.8 Å². The van der Waals surface area contributed by atoms with Crippen molar-refractivity contribution in [1.82, 2.24) is 0 Å². The SMILES string of the molecule is C[C@H]1CC(=O)C2=C(C1)Nc1ccccc1N[C@@H]2C. The first-order valence-corrected chi connectivity index (χ1v) is 6.54. The van der Waals surface area contributed by atoms with Gasteiger partial charge in [-0.15, -0.1) is 0 Å². The van der Waals surface area contributed by atoms with Crippen molar-refractivity contribution < 1.29 is 4.79 Å². The normalized spacial score (nSPS) is 26.7. The molecule has 0 saturated heterocycles. The van der Waals surface area contributed by atoms with E-state index in [1.807, 2.05) is 18.2 Å². The molecule has 2 N–H and O–H groups in total. The van der Waals surface area contributed by atoms with Gasteiger partial charge in [0.2, 0.25) is 0 Å². The summed E-state index contributed by atoms with van der Waals surface area (Å²) in [4.78, 5) is 12.2. The molecule has 0 radical (unpaired) electrons. The quantitative estimate of drug-likeness (QED) is 0.734. The van der Waals surface area contributed by atoms with E-state index in [9.17, 15) is 4.79 Å². The van der Waals surface area contributed by atoms with Gasteiger partial charge in [-0.25, -0.2) is 0 Å². The largest absolute Gasteiger partial charge is 0.377 e. The molecular formula is C15H18N2O. The first kappa shape index (κ1) is 11.3.